The first-order valence-electron chi connectivity index (χ1n) is 11.9. The summed E-state index contributed by atoms with van der Waals surface area (Å²) in [6.45, 7) is 4.53. The van der Waals surface area contributed by atoms with Crippen LogP contribution in [0.15, 0.2) is 70.7 Å². The molecule has 1 aliphatic heterocycles. The molecular weight excluding hydrogens is 474 g/mol. The van der Waals surface area contributed by atoms with Crippen LogP contribution in [0.25, 0.3) is 22.0 Å². The summed E-state index contributed by atoms with van der Waals surface area (Å²) in [6.07, 6.45) is 9.31. The van der Waals surface area contributed by atoms with E-state index in [-0.39, 0.29) is 5.56 Å². The van der Waals surface area contributed by atoms with Crippen LogP contribution in [0.5, 0.6) is 0 Å². The highest BCUT2D eigenvalue weighted by molar-refractivity contribution is 6.31. The van der Waals surface area contributed by atoms with E-state index in [2.05, 4.69) is 33.2 Å². The lowest BCUT2D eigenvalue weighted by molar-refractivity contribution is 0.0687. The van der Waals surface area contributed by atoms with Crippen molar-refractivity contribution in [3.63, 3.8) is 0 Å². The summed E-state index contributed by atoms with van der Waals surface area (Å²) in [6, 6.07) is 11.8. The molecule has 1 aliphatic rings. The van der Waals surface area contributed by atoms with Crippen LogP contribution in [0.3, 0.4) is 0 Å². The number of hydrogen-bond acceptors (Lipinski definition) is 5. The highest BCUT2D eigenvalue weighted by Crippen LogP contribution is 2.26. The first-order valence-corrected chi connectivity index (χ1v) is 12.3. The lowest BCUT2D eigenvalue weighted by atomic mass is 10.0. The number of aliphatic imine (C=N–C) groups is 1. The van der Waals surface area contributed by atoms with E-state index in [1.54, 1.807) is 38.0 Å². The quantitative estimate of drug-likeness (QED) is 0.399. The second kappa shape index (κ2) is 9.48. The van der Waals surface area contributed by atoms with Crippen LogP contribution < -0.4 is 5.56 Å². The molecule has 0 bridgehead atoms. The number of halogens is 1. The molecule has 8 heteroatoms. The van der Waals surface area contributed by atoms with Gasteiger partial charge < -0.3 is 5.11 Å². The monoisotopic (exact) mass is 501 g/mol. The lowest BCUT2D eigenvalue weighted by Crippen LogP contribution is -2.19. The van der Waals surface area contributed by atoms with Crippen LogP contribution in [0.1, 0.15) is 37.2 Å². The average Bonchev–Trinajstić information content (AvgIpc) is 3.47. The van der Waals surface area contributed by atoms with Crippen molar-refractivity contribution in [3.8, 4) is 11.1 Å². The zero-order valence-corrected chi connectivity index (χ0v) is 21.3. The molecule has 0 radical (unpaired) electrons. The van der Waals surface area contributed by atoms with Gasteiger partial charge in [0.1, 0.15) is 5.60 Å². The highest BCUT2D eigenvalue weighted by Gasteiger charge is 2.20. The molecule has 0 fully saturated rings. The second-order valence-electron chi connectivity index (χ2n) is 9.63. The number of rotatable bonds is 7. The van der Waals surface area contributed by atoms with Gasteiger partial charge in [0.15, 0.2) is 5.82 Å². The second-order valence-corrected chi connectivity index (χ2v) is 10.0. The SMILES string of the molecule is Cn1c(=O)c2ccc(-c3cnc(C(C)(C)O)nc3)cc2n1Cc1cc(CCC2=NCC=C2)ccc1Cl. The Kier molecular flexibility index (Phi) is 6.36. The van der Waals surface area contributed by atoms with Gasteiger partial charge in [0.2, 0.25) is 0 Å². The summed E-state index contributed by atoms with van der Waals surface area (Å²) < 4.78 is 3.57. The molecule has 3 heterocycles. The molecule has 0 saturated carbocycles. The zero-order chi connectivity index (χ0) is 25.4. The summed E-state index contributed by atoms with van der Waals surface area (Å²) >= 11 is 6.59. The van der Waals surface area contributed by atoms with Crippen LogP contribution in [-0.4, -0.2) is 36.7 Å². The predicted molar refractivity (Wildman–Crippen MR) is 144 cm³/mol. The van der Waals surface area contributed by atoms with Gasteiger partial charge in [0.05, 0.1) is 24.0 Å². The molecule has 0 amide bonds. The van der Waals surface area contributed by atoms with Gasteiger partial charge in [0, 0.05) is 35.7 Å². The Morgan fingerprint density at radius 2 is 1.83 bits per heavy atom. The summed E-state index contributed by atoms with van der Waals surface area (Å²) in [5.41, 5.74) is 4.57. The smallest absolute Gasteiger partial charge is 0.274 e. The third-order valence-electron chi connectivity index (χ3n) is 6.50. The van der Waals surface area contributed by atoms with E-state index < -0.39 is 5.60 Å². The zero-order valence-electron chi connectivity index (χ0n) is 20.6. The van der Waals surface area contributed by atoms with Gasteiger partial charge in [-0.1, -0.05) is 35.9 Å². The fraction of sp³-hybridized carbons (Fsp3) is 0.286. The highest BCUT2D eigenvalue weighted by atomic mass is 35.5. The van der Waals surface area contributed by atoms with E-state index in [1.165, 1.54) is 5.56 Å². The number of allylic oxidation sites excluding steroid dienone is 1. The van der Waals surface area contributed by atoms with E-state index in [1.807, 2.05) is 35.0 Å². The molecule has 0 saturated heterocycles. The lowest BCUT2D eigenvalue weighted by Gasteiger charge is -2.15. The van der Waals surface area contributed by atoms with E-state index in [0.717, 1.165) is 47.3 Å². The van der Waals surface area contributed by atoms with Gasteiger partial charge >= 0.3 is 0 Å². The van der Waals surface area contributed by atoms with Crippen molar-refractivity contribution in [1.82, 2.24) is 19.3 Å². The Hall–Kier alpha value is -3.55. The molecule has 0 spiro atoms. The minimum atomic E-state index is -1.11. The molecule has 184 valence electrons. The molecule has 1 N–H and O–H groups in total. The molecule has 2 aromatic heterocycles. The fourth-order valence-corrected chi connectivity index (χ4v) is 4.63. The van der Waals surface area contributed by atoms with Crippen molar-refractivity contribution >= 4 is 28.2 Å². The molecule has 0 unspecified atom stereocenters. The summed E-state index contributed by atoms with van der Waals surface area (Å²) in [7, 11) is 1.77. The van der Waals surface area contributed by atoms with E-state index in [9.17, 15) is 9.90 Å². The van der Waals surface area contributed by atoms with E-state index in [4.69, 9.17) is 11.6 Å². The molecular formula is C28H28ClN5O2. The number of aliphatic hydroxyl groups is 1. The summed E-state index contributed by atoms with van der Waals surface area (Å²) in [4.78, 5) is 26.1. The standard InChI is InChI=1S/C28H28ClN5O2/c1-28(2,36)27-31-15-21(16-32-27)19-8-10-23-25(14-19)34(33(3)26(23)35)17-20-13-18(7-11-24(20)29)6-9-22-5-4-12-30-22/h4-5,7-8,10-11,13-16,36H,6,9,12,17H2,1-3H3. The first-order chi connectivity index (χ1) is 17.2. The number of aryl methyl sites for hydroxylation is 1. The molecule has 36 heavy (non-hydrogen) atoms. The number of hydrogen-bond donors (Lipinski definition) is 1. The summed E-state index contributed by atoms with van der Waals surface area (Å²) in [5.74, 6) is 0.356. The van der Waals surface area contributed by atoms with Gasteiger partial charge in [-0.15, -0.1) is 0 Å². The maximum Gasteiger partial charge on any atom is 0.274 e. The fourth-order valence-electron chi connectivity index (χ4n) is 4.45. The minimum Gasteiger partial charge on any atom is -0.382 e. The van der Waals surface area contributed by atoms with Gasteiger partial charge in [-0.2, -0.15) is 0 Å². The molecule has 0 atom stereocenters. The van der Waals surface area contributed by atoms with Crippen LogP contribution in [0.4, 0.5) is 0 Å². The van der Waals surface area contributed by atoms with Crippen molar-refractivity contribution in [1.29, 1.82) is 0 Å². The molecule has 5 rings (SSSR count). The Morgan fingerprint density at radius 3 is 2.53 bits per heavy atom. The Bertz CT molecular complexity index is 1560. The Morgan fingerprint density at radius 1 is 1.06 bits per heavy atom. The molecule has 2 aromatic carbocycles. The minimum absolute atomic E-state index is 0.0662. The number of aromatic nitrogens is 4. The third-order valence-corrected chi connectivity index (χ3v) is 6.87. The topological polar surface area (TPSA) is 85.3 Å². The largest absolute Gasteiger partial charge is 0.382 e. The number of benzene rings is 2. The first kappa shape index (κ1) is 24.2. The maximum absolute atomic E-state index is 13.0. The predicted octanol–water partition coefficient (Wildman–Crippen LogP) is 4.67. The summed E-state index contributed by atoms with van der Waals surface area (Å²) in [5, 5.41) is 11.4. The van der Waals surface area contributed by atoms with Crippen molar-refractivity contribution in [2.24, 2.45) is 12.0 Å². The average molecular weight is 502 g/mol. The normalized spacial score (nSPS) is 13.5. The molecule has 0 aliphatic carbocycles. The van der Waals surface area contributed by atoms with Crippen molar-refractivity contribution < 1.29 is 5.11 Å². The van der Waals surface area contributed by atoms with Crippen LogP contribution in [0, 0.1) is 0 Å². The third kappa shape index (κ3) is 4.76. The van der Waals surface area contributed by atoms with Gasteiger partial charge in [-0.3, -0.25) is 19.2 Å². The maximum atomic E-state index is 13.0. The van der Waals surface area contributed by atoms with Crippen molar-refractivity contribution in [2.45, 2.75) is 38.8 Å². The number of nitrogens with zero attached hydrogens (tertiary/aromatic N) is 5. The van der Waals surface area contributed by atoms with Crippen LogP contribution in [0.2, 0.25) is 5.02 Å². The van der Waals surface area contributed by atoms with Gasteiger partial charge in [0.25, 0.3) is 5.56 Å². The van der Waals surface area contributed by atoms with E-state index >= 15 is 0 Å². The van der Waals surface area contributed by atoms with Crippen molar-refractivity contribution in [2.75, 3.05) is 6.54 Å². The molecule has 4 aromatic rings. The van der Waals surface area contributed by atoms with Crippen LogP contribution >= 0.6 is 11.6 Å². The van der Waals surface area contributed by atoms with Crippen molar-refractivity contribution in [3.05, 3.63) is 93.3 Å². The van der Waals surface area contributed by atoms with Gasteiger partial charge in [-0.05, 0) is 67.7 Å². The number of fused-ring (bicyclic) bond motifs is 1. The Labute approximate surface area is 214 Å². The Balaban J connectivity index is 1.48. The van der Waals surface area contributed by atoms with Crippen LogP contribution in [-0.2, 0) is 25.6 Å². The van der Waals surface area contributed by atoms with Gasteiger partial charge in [-0.25, -0.2) is 9.97 Å². The molecule has 7 nitrogen and oxygen atoms in total. The van der Waals surface area contributed by atoms with E-state index in [0.29, 0.717) is 22.8 Å².